The Morgan fingerprint density at radius 1 is 1.31 bits per heavy atom. The zero-order valence-electron chi connectivity index (χ0n) is 9.23. The minimum absolute atomic E-state index is 0.647. The van der Waals surface area contributed by atoms with Crippen molar-refractivity contribution in [1.82, 2.24) is 4.98 Å². The van der Waals surface area contributed by atoms with Crippen LogP contribution in [0, 0.1) is 6.92 Å². The summed E-state index contributed by atoms with van der Waals surface area (Å²) in [5.41, 5.74) is 8.87. The van der Waals surface area contributed by atoms with E-state index in [0.717, 1.165) is 22.9 Å². The fourth-order valence-corrected chi connectivity index (χ4v) is 2.15. The highest BCUT2D eigenvalue weighted by Gasteiger charge is 2.01. The fourth-order valence-electron chi connectivity index (χ4n) is 1.39. The van der Waals surface area contributed by atoms with Crippen molar-refractivity contribution in [1.29, 1.82) is 0 Å². The van der Waals surface area contributed by atoms with Gasteiger partial charge in [0.05, 0.1) is 5.69 Å². The average molecular weight is 233 g/mol. The minimum atomic E-state index is 0.647. The molecule has 0 bridgehead atoms. The molecule has 1 aromatic carbocycles. The molecule has 0 saturated carbocycles. The molecule has 0 aliphatic heterocycles. The van der Waals surface area contributed by atoms with E-state index in [0.29, 0.717) is 6.54 Å². The van der Waals surface area contributed by atoms with Crippen LogP contribution < -0.4 is 11.1 Å². The van der Waals surface area contributed by atoms with E-state index in [9.17, 15) is 0 Å². The average Bonchev–Trinajstić information content (AvgIpc) is 2.70. The molecular formula is C12H15N3S. The van der Waals surface area contributed by atoms with E-state index in [4.69, 9.17) is 5.73 Å². The second-order valence-corrected chi connectivity index (χ2v) is 4.53. The van der Waals surface area contributed by atoms with Crippen molar-refractivity contribution in [3.63, 3.8) is 0 Å². The van der Waals surface area contributed by atoms with Gasteiger partial charge in [-0.15, -0.1) is 11.3 Å². The lowest BCUT2D eigenvalue weighted by atomic mass is 10.2. The molecule has 3 nitrogen and oxygen atoms in total. The van der Waals surface area contributed by atoms with Crippen LogP contribution in [0.5, 0.6) is 0 Å². The third-order valence-electron chi connectivity index (χ3n) is 2.26. The molecule has 3 N–H and O–H groups in total. The molecular weight excluding hydrogens is 218 g/mol. The van der Waals surface area contributed by atoms with Gasteiger partial charge in [0.2, 0.25) is 0 Å². The minimum Gasteiger partial charge on any atom is -0.332 e. The third-order valence-corrected chi connectivity index (χ3v) is 3.06. The molecule has 0 radical (unpaired) electrons. The maximum Gasteiger partial charge on any atom is 0.187 e. The number of hydrogen-bond donors (Lipinski definition) is 2. The molecule has 0 unspecified atom stereocenters. The first kappa shape index (κ1) is 11.1. The van der Waals surface area contributed by atoms with Crippen LogP contribution in [0.25, 0.3) is 0 Å². The van der Waals surface area contributed by atoms with Crippen LogP contribution in [-0.2, 0) is 6.42 Å². The Kier molecular flexibility index (Phi) is 3.54. The number of hydrogen-bond acceptors (Lipinski definition) is 4. The molecule has 0 spiro atoms. The Bertz CT molecular complexity index is 448. The van der Waals surface area contributed by atoms with E-state index in [-0.39, 0.29) is 0 Å². The van der Waals surface area contributed by atoms with E-state index in [2.05, 4.69) is 41.5 Å². The molecule has 0 saturated heterocycles. The SMILES string of the molecule is Cc1ccc(Nc2nc(CCN)cs2)cc1. The molecule has 0 amide bonds. The number of aromatic nitrogens is 1. The second kappa shape index (κ2) is 5.09. The Hall–Kier alpha value is -1.39. The van der Waals surface area contributed by atoms with Gasteiger partial charge in [-0.25, -0.2) is 4.98 Å². The first-order valence-electron chi connectivity index (χ1n) is 5.26. The number of rotatable bonds is 4. The van der Waals surface area contributed by atoms with Gasteiger partial charge in [-0.05, 0) is 25.6 Å². The molecule has 1 aromatic heterocycles. The lowest BCUT2D eigenvalue weighted by molar-refractivity contribution is 0.936. The van der Waals surface area contributed by atoms with Gasteiger partial charge in [0.15, 0.2) is 5.13 Å². The number of benzene rings is 1. The summed E-state index contributed by atoms with van der Waals surface area (Å²) < 4.78 is 0. The maximum absolute atomic E-state index is 5.48. The molecule has 0 fully saturated rings. The van der Waals surface area contributed by atoms with Crippen LogP contribution in [0.1, 0.15) is 11.3 Å². The summed E-state index contributed by atoms with van der Waals surface area (Å²) in [5.74, 6) is 0. The zero-order chi connectivity index (χ0) is 11.4. The van der Waals surface area contributed by atoms with E-state index in [1.165, 1.54) is 5.56 Å². The van der Waals surface area contributed by atoms with Gasteiger partial charge in [0.1, 0.15) is 0 Å². The number of aryl methyl sites for hydroxylation is 1. The molecule has 2 aromatic rings. The van der Waals surface area contributed by atoms with Crippen LogP contribution >= 0.6 is 11.3 Å². The predicted octanol–water partition coefficient (Wildman–Crippen LogP) is 2.70. The molecule has 16 heavy (non-hydrogen) atoms. The number of nitrogens with one attached hydrogen (secondary N) is 1. The van der Waals surface area contributed by atoms with Gasteiger partial charge < -0.3 is 11.1 Å². The number of nitrogens with two attached hydrogens (primary N) is 1. The second-order valence-electron chi connectivity index (χ2n) is 3.67. The predicted molar refractivity (Wildman–Crippen MR) is 69.3 cm³/mol. The smallest absolute Gasteiger partial charge is 0.187 e. The molecule has 4 heteroatoms. The first-order valence-corrected chi connectivity index (χ1v) is 6.14. The van der Waals surface area contributed by atoms with Crippen molar-refractivity contribution < 1.29 is 0 Å². The molecule has 0 atom stereocenters. The maximum atomic E-state index is 5.48. The molecule has 0 aliphatic carbocycles. The highest BCUT2D eigenvalue weighted by atomic mass is 32.1. The van der Waals surface area contributed by atoms with E-state index < -0.39 is 0 Å². The van der Waals surface area contributed by atoms with Gasteiger partial charge in [0.25, 0.3) is 0 Å². The van der Waals surface area contributed by atoms with Crippen LogP contribution in [0.3, 0.4) is 0 Å². The van der Waals surface area contributed by atoms with Crippen LogP contribution in [0.2, 0.25) is 0 Å². The first-order chi connectivity index (χ1) is 7.78. The highest BCUT2D eigenvalue weighted by molar-refractivity contribution is 7.13. The Morgan fingerprint density at radius 3 is 2.75 bits per heavy atom. The van der Waals surface area contributed by atoms with Crippen molar-refractivity contribution in [3.05, 3.63) is 40.9 Å². The van der Waals surface area contributed by atoms with Gasteiger partial charge in [0, 0.05) is 17.5 Å². The number of nitrogens with zero attached hydrogens (tertiary/aromatic N) is 1. The Morgan fingerprint density at radius 2 is 2.06 bits per heavy atom. The van der Waals surface area contributed by atoms with Crippen molar-refractivity contribution in [2.24, 2.45) is 5.73 Å². The standard InChI is InChI=1S/C12H15N3S/c1-9-2-4-10(5-3-9)14-12-15-11(6-7-13)8-16-12/h2-5,8H,6-7,13H2,1H3,(H,14,15). The monoisotopic (exact) mass is 233 g/mol. The van der Waals surface area contributed by atoms with Gasteiger partial charge in [-0.1, -0.05) is 17.7 Å². The van der Waals surface area contributed by atoms with Crippen molar-refractivity contribution in [3.8, 4) is 0 Å². The molecule has 1 heterocycles. The fraction of sp³-hybridized carbons (Fsp3) is 0.250. The van der Waals surface area contributed by atoms with E-state index in [1.807, 2.05) is 5.38 Å². The van der Waals surface area contributed by atoms with E-state index in [1.54, 1.807) is 11.3 Å². The van der Waals surface area contributed by atoms with Crippen molar-refractivity contribution >= 4 is 22.2 Å². The van der Waals surface area contributed by atoms with Crippen LogP contribution in [-0.4, -0.2) is 11.5 Å². The number of thiazole rings is 1. The quantitative estimate of drug-likeness (QED) is 0.853. The lowest BCUT2D eigenvalue weighted by Crippen LogP contribution is -2.02. The summed E-state index contributed by atoms with van der Waals surface area (Å²) in [6, 6.07) is 8.27. The largest absolute Gasteiger partial charge is 0.332 e. The van der Waals surface area contributed by atoms with Crippen molar-refractivity contribution in [2.75, 3.05) is 11.9 Å². The summed E-state index contributed by atoms with van der Waals surface area (Å²) in [7, 11) is 0. The molecule has 2 rings (SSSR count). The highest BCUT2D eigenvalue weighted by Crippen LogP contribution is 2.21. The summed E-state index contributed by atoms with van der Waals surface area (Å²) in [4.78, 5) is 4.45. The zero-order valence-corrected chi connectivity index (χ0v) is 10.1. The van der Waals surface area contributed by atoms with Gasteiger partial charge >= 0.3 is 0 Å². The summed E-state index contributed by atoms with van der Waals surface area (Å²) >= 11 is 1.61. The van der Waals surface area contributed by atoms with Crippen LogP contribution in [0.15, 0.2) is 29.6 Å². The lowest BCUT2D eigenvalue weighted by Gasteiger charge is -2.02. The van der Waals surface area contributed by atoms with Gasteiger partial charge in [-0.2, -0.15) is 0 Å². The van der Waals surface area contributed by atoms with Gasteiger partial charge in [-0.3, -0.25) is 0 Å². The van der Waals surface area contributed by atoms with Crippen molar-refractivity contribution in [2.45, 2.75) is 13.3 Å². The summed E-state index contributed by atoms with van der Waals surface area (Å²) in [5, 5.41) is 6.24. The Labute approximate surface area is 99.3 Å². The Balaban J connectivity index is 2.05. The van der Waals surface area contributed by atoms with E-state index >= 15 is 0 Å². The molecule has 84 valence electrons. The number of anilines is 2. The topological polar surface area (TPSA) is 50.9 Å². The third kappa shape index (κ3) is 2.81. The summed E-state index contributed by atoms with van der Waals surface area (Å²) in [6.45, 7) is 2.72. The van der Waals surface area contributed by atoms with Crippen LogP contribution in [0.4, 0.5) is 10.8 Å². The summed E-state index contributed by atoms with van der Waals surface area (Å²) in [6.07, 6.45) is 0.839. The normalized spacial score (nSPS) is 10.4. The molecule has 0 aliphatic rings.